The van der Waals surface area contributed by atoms with Crippen LogP contribution in [-0.4, -0.2) is 32.2 Å². The molecule has 6 rings (SSSR count). The van der Waals surface area contributed by atoms with Crippen LogP contribution in [0.2, 0.25) is 0 Å². The largest absolute Gasteiger partial charge is 0.383 e. The first kappa shape index (κ1) is 22.0. The van der Waals surface area contributed by atoms with Crippen molar-refractivity contribution in [2.24, 2.45) is 5.92 Å². The zero-order valence-corrected chi connectivity index (χ0v) is 20.8. The van der Waals surface area contributed by atoms with Crippen LogP contribution in [-0.2, 0) is 29.9 Å². The van der Waals surface area contributed by atoms with Gasteiger partial charge in [-0.05, 0) is 55.7 Å². The van der Waals surface area contributed by atoms with Crippen LogP contribution in [0.25, 0.3) is 21.1 Å². The van der Waals surface area contributed by atoms with Gasteiger partial charge in [-0.1, -0.05) is 30.8 Å². The van der Waals surface area contributed by atoms with Crippen molar-refractivity contribution < 1.29 is 4.74 Å². The number of aromatic nitrogens is 4. The second kappa shape index (κ2) is 8.94. The van der Waals surface area contributed by atoms with Gasteiger partial charge in [0.25, 0.3) is 5.56 Å². The molecule has 1 fully saturated rings. The number of aryl methyl sites for hydroxylation is 1. The summed E-state index contributed by atoms with van der Waals surface area (Å²) < 4.78 is 7.71. The third-order valence-electron chi connectivity index (χ3n) is 6.80. The number of rotatable bonds is 5. The molecule has 1 aromatic carbocycles. The first-order valence-corrected chi connectivity index (χ1v) is 13.7. The molecule has 9 heteroatoms. The van der Waals surface area contributed by atoms with E-state index in [1.165, 1.54) is 22.2 Å². The highest BCUT2D eigenvalue weighted by atomic mass is 32.2. The lowest BCUT2D eigenvalue weighted by Gasteiger charge is -2.18. The van der Waals surface area contributed by atoms with E-state index in [1.54, 1.807) is 11.3 Å². The van der Waals surface area contributed by atoms with E-state index < -0.39 is 0 Å². The lowest BCUT2D eigenvalue weighted by Crippen LogP contribution is -2.29. The molecular weight excluding hydrogens is 466 g/mol. The molecule has 0 bridgehead atoms. The minimum Gasteiger partial charge on any atom is -0.383 e. The Labute approximate surface area is 205 Å². The summed E-state index contributed by atoms with van der Waals surface area (Å²) in [5.41, 5.74) is 8.29. The summed E-state index contributed by atoms with van der Waals surface area (Å²) in [6.45, 7) is 3.58. The summed E-state index contributed by atoms with van der Waals surface area (Å²) in [5, 5.41) is 2.37. The normalized spacial score (nSPS) is 20.3. The van der Waals surface area contributed by atoms with Crippen molar-refractivity contribution in [3.05, 3.63) is 50.9 Å². The Hall–Kier alpha value is -2.49. The molecule has 1 aliphatic heterocycles. The highest BCUT2D eigenvalue weighted by molar-refractivity contribution is 7.98. The standard InChI is InChI=1S/C25H27N5O2S2/c1-14-8-9-17-19(11-14)34-23-21(17)24(31)30(12-15-5-4-10-32-15)25(29-23)33-13-20-27-18-7-3-2-6-16(18)22(26)28-20/h2-3,6-7,14-15H,4-5,8-13H2,1H3,(H2,26,27,28). The van der Waals surface area contributed by atoms with E-state index in [0.717, 1.165) is 59.8 Å². The van der Waals surface area contributed by atoms with Gasteiger partial charge < -0.3 is 10.5 Å². The number of para-hydroxylation sites is 1. The molecule has 0 radical (unpaired) electrons. The van der Waals surface area contributed by atoms with Gasteiger partial charge in [-0.2, -0.15) is 0 Å². The molecule has 1 saturated heterocycles. The lowest BCUT2D eigenvalue weighted by atomic mass is 9.89. The summed E-state index contributed by atoms with van der Waals surface area (Å²) in [5.74, 6) is 2.25. The molecule has 176 valence electrons. The molecule has 2 atom stereocenters. The molecule has 4 aromatic rings. The zero-order valence-electron chi connectivity index (χ0n) is 19.1. The van der Waals surface area contributed by atoms with Gasteiger partial charge in [0.05, 0.1) is 29.3 Å². The highest BCUT2D eigenvalue weighted by Gasteiger charge is 2.26. The summed E-state index contributed by atoms with van der Waals surface area (Å²) in [7, 11) is 0. The summed E-state index contributed by atoms with van der Waals surface area (Å²) in [4.78, 5) is 30.2. The van der Waals surface area contributed by atoms with Crippen LogP contribution in [0.15, 0.2) is 34.2 Å². The predicted molar refractivity (Wildman–Crippen MR) is 138 cm³/mol. The summed E-state index contributed by atoms with van der Waals surface area (Å²) >= 11 is 3.19. The Morgan fingerprint density at radius 1 is 1.24 bits per heavy atom. The van der Waals surface area contributed by atoms with Crippen LogP contribution in [0.1, 0.15) is 42.5 Å². The lowest BCUT2D eigenvalue weighted by molar-refractivity contribution is 0.0937. The van der Waals surface area contributed by atoms with E-state index in [0.29, 0.717) is 35.0 Å². The van der Waals surface area contributed by atoms with Gasteiger partial charge in [0.15, 0.2) is 5.16 Å². The first-order valence-electron chi connectivity index (χ1n) is 11.9. The SMILES string of the molecule is CC1CCc2c(sc3nc(SCc4nc(N)c5ccccc5n4)n(CC4CCCO4)c(=O)c23)C1. The van der Waals surface area contributed by atoms with Crippen LogP contribution in [0.5, 0.6) is 0 Å². The molecule has 0 amide bonds. The maximum atomic E-state index is 13.8. The van der Waals surface area contributed by atoms with Gasteiger partial charge in [0.1, 0.15) is 16.5 Å². The molecule has 34 heavy (non-hydrogen) atoms. The van der Waals surface area contributed by atoms with Gasteiger partial charge in [-0.25, -0.2) is 15.0 Å². The third kappa shape index (κ3) is 3.99. The zero-order chi connectivity index (χ0) is 23.2. The second-order valence-electron chi connectivity index (χ2n) is 9.31. The van der Waals surface area contributed by atoms with Crippen molar-refractivity contribution >= 4 is 50.0 Å². The molecule has 7 nitrogen and oxygen atoms in total. The smallest absolute Gasteiger partial charge is 0.263 e. The van der Waals surface area contributed by atoms with Crippen LogP contribution in [0.3, 0.4) is 0 Å². The number of anilines is 1. The number of thioether (sulfide) groups is 1. The molecule has 4 heterocycles. The molecule has 2 unspecified atom stereocenters. The monoisotopic (exact) mass is 493 g/mol. The van der Waals surface area contributed by atoms with Crippen molar-refractivity contribution in [1.82, 2.24) is 19.5 Å². The van der Waals surface area contributed by atoms with Crippen LogP contribution >= 0.6 is 23.1 Å². The van der Waals surface area contributed by atoms with Crippen LogP contribution in [0, 0.1) is 5.92 Å². The molecule has 2 N–H and O–H groups in total. The number of nitrogens with zero attached hydrogens (tertiary/aromatic N) is 4. The van der Waals surface area contributed by atoms with E-state index >= 15 is 0 Å². The summed E-state index contributed by atoms with van der Waals surface area (Å²) in [6.07, 6.45) is 5.18. The molecular formula is C25H27N5O2S2. The average molecular weight is 494 g/mol. The Balaban J connectivity index is 1.39. The van der Waals surface area contributed by atoms with Crippen LogP contribution in [0.4, 0.5) is 5.82 Å². The minimum atomic E-state index is 0.0540. The first-order chi connectivity index (χ1) is 16.6. The molecule has 0 saturated carbocycles. The number of fused-ring (bicyclic) bond motifs is 4. The number of ether oxygens (including phenoxy) is 1. The average Bonchev–Trinajstić information content (AvgIpc) is 3.47. The number of hydrogen-bond acceptors (Lipinski definition) is 8. The number of hydrogen-bond donors (Lipinski definition) is 1. The highest BCUT2D eigenvalue weighted by Crippen LogP contribution is 2.37. The number of nitrogen functional groups attached to an aromatic ring is 1. The van der Waals surface area contributed by atoms with E-state index in [2.05, 4.69) is 16.9 Å². The van der Waals surface area contributed by atoms with Crippen molar-refractivity contribution in [1.29, 1.82) is 0 Å². The molecule has 0 spiro atoms. The van der Waals surface area contributed by atoms with Gasteiger partial charge in [-0.15, -0.1) is 11.3 Å². The predicted octanol–water partition coefficient (Wildman–Crippen LogP) is 4.58. The summed E-state index contributed by atoms with van der Waals surface area (Å²) in [6, 6.07) is 7.74. The van der Waals surface area contributed by atoms with Gasteiger partial charge in [0.2, 0.25) is 0 Å². The Morgan fingerprint density at radius 2 is 2.12 bits per heavy atom. The minimum absolute atomic E-state index is 0.0540. The Kier molecular flexibility index (Phi) is 5.79. The third-order valence-corrected chi connectivity index (χ3v) is 8.92. The van der Waals surface area contributed by atoms with Crippen molar-refractivity contribution in [3.8, 4) is 0 Å². The van der Waals surface area contributed by atoms with Gasteiger partial charge in [-0.3, -0.25) is 9.36 Å². The Bertz CT molecular complexity index is 1440. The fraction of sp³-hybridized carbons (Fsp3) is 0.440. The van der Waals surface area contributed by atoms with Crippen molar-refractivity contribution in [2.45, 2.75) is 62.6 Å². The number of thiophene rings is 1. The van der Waals surface area contributed by atoms with E-state index in [9.17, 15) is 4.79 Å². The van der Waals surface area contributed by atoms with Crippen LogP contribution < -0.4 is 11.3 Å². The maximum absolute atomic E-state index is 13.8. The number of benzene rings is 1. The topological polar surface area (TPSA) is 95.9 Å². The Morgan fingerprint density at radius 3 is 2.97 bits per heavy atom. The molecule has 3 aromatic heterocycles. The van der Waals surface area contributed by atoms with E-state index in [4.69, 9.17) is 15.5 Å². The quantitative estimate of drug-likeness (QED) is 0.321. The van der Waals surface area contributed by atoms with E-state index in [-0.39, 0.29) is 11.7 Å². The number of nitrogens with two attached hydrogens (primary N) is 1. The second-order valence-corrected chi connectivity index (χ2v) is 11.3. The fourth-order valence-corrected chi connectivity index (χ4v) is 7.30. The van der Waals surface area contributed by atoms with Crippen molar-refractivity contribution in [3.63, 3.8) is 0 Å². The van der Waals surface area contributed by atoms with Crippen molar-refractivity contribution in [2.75, 3.05) is 12.3 Å². The molecule has 1 aliphatic carbocycles. The fourth-order valence-electron chi connectivity index (χ4n) is 5.01. The van der Waals surface area contributed by atoms with E-state index in [1.807, 2.05) is 28.8 Å². The molecule has 2 aliphatic rings. The van der Waals surface area contributed by atoms with Gasteiger partial charge >= 0.3 is 0 Å². The maximum Gasteiger partial charge on any atom is 0.263 e. The van der Waals surface area contributed by atoms with Gasteiger partial charge in [0, 0.05) is 16.9 Å².